The van der Waals surface area contributed by atoms with Gasteiger partial charge in [-0.05, 0) is 57.1 Å². The molecular weight excluding hydrogens is 489 g/mol. The van der Waals surface area contributed by atoms with E-state index in [1.54, 1.807) is 18.2 Å². The molecule has 4 rings (SSSR count). The molecule has 0 radical (unpaired) electrons. The van der Waals surface area contributed by atoms with Gasteiger partial charge in [-0.25, -0.2) is 0 Å². The molecule has 2 aliphatic heterocycles. The van der Waals surface area contributed by atoms with Crippen LogP contribution < -0.4 is 10.6 Å². The Balaban J connectivity index is 1.67. The number of benzene rings is 1. The summed E-state index contributed by atoms with van der Waals surface area (Å²) in [5.74, 6) is -1.29. The summed E-state index contributed by atoms with van der Waals surface area (Å²) in [6, 6.07) is 5.06. The number of halogens is 4. The molecule has 0 saturated carbocycles. The second-order valence-corrected chi connectivity index (χ2v) is 8.83. The topological polar surface area (TPSA) is 77.2 Å². The number of alkyl halides is 3. The maximum absolute atomic E-state index is 14.0. The lowest BCUT2D eigenvalue weighted by atomic mass is 10.0. The highest BCUT2D eigenvalue weighted by molar-refractivity contribution is 9.10. The first-order valence-electron chi connectivity index (χ1n) is 10.3. The molecule has 0 atom stereocenters. The highest BCUT2D eigenvalue weighted by Gasteiger charge is 2.40. The summed E-state index contributed by atoms with van der Waals surface area (Å²) in [5, 5.41) is 5.26. The Morgan fingerprint density at radius 1 is 1.28 bits per heavy atom. The number of nitrogens with zero attached hydrogens (tertiary/aromatic N) is 1. The third kappa shape index (κ3) is 4.47. The Hall–Kier alpha value is -2.59. The molecule has 0 bridgehead atoms. The Morgan fingerprint density at radius 3 is 2.69 bits per heavy atom. The van der Waals surface area contributed by atoms with Crippen molar-refractivity contribution in [1.82, 2.24) is 15.2 Å². The van der Waals surface area contributed by atoms with Crippen molar-refractivity contribution in [3.8, 4) is 0 Å². The number of carbonyl (C=O) groups is 2. The fraction of sp³-hybridized carbons (Fsp3) is 0.364. The fourth-order valence-corrected chi connectivity index (χ4v) is 4.57. The molecule has 6 nitrogen and oxygen atoms in total. The highest BCUT2D eigenvalue weighted by atomic mass is 79.9. The van der Waals surface area contributed by atoms with Crippen molar-refractivity contribution in [3.63, 3.8) is 0 Å². The van der Waals surface area contributed by atoms with E-state index < -0.39 is 29.1 Å². The van der Waals surface area contributed by atoms with Gasteiger partial charge in [-0.3, -0.25) is 9.59 Å². The van der Waals surface area contributed by atoms with Crippen molar-refractivity contribution >= 4 is 45.1 Å². The first-order valence-corrected chi connectivity index (χ1v) is 11.1. The summed E-state index contributed by atoms with van der Waals surface area (Å²) < 4.78 is 42.8. The first-order chi connectivity index (χ1) is 15.1. The lowest BCUT2D eigenvalue weighted by molar-refractivity contribution is -0.138. The highest BCUT2D eigenvalue weighted by Crippen LogP contribution is 2.40. The zero-order valence-corrected chi connectivity index (χ0v) is 18.9. The van der Waals surface area contributed by atoms with Crippen LogP contribution in [0.5, 0.6) is 0 Å². The van der Waals surface area contributed by atoms with Gasteiger partial charge in [-0.2, -0.15) is 13.2 Å². The monoisotopic (exact) mass is 510 g/mol. The molecule has 10 heteroatoms. The van der Waals surface area contributed by atoms with E-state index in [1.807, 2.05) is 0 Å². The number of rotatable bonds is 5. The maximum Gasteiger partial charge on any atom is 0.419 e. The molecule has 2 aromatic rings. The summed E-state index contributed by atoms with van der Waals surface area (Å²) >= 11 is 3.32. The van der Waals surface area contributed by atoms with Crippen LogP contribution in [0.25, 0.3) is 11.6 Å². The lowest BCUT2D eigenvalue weighted by Gasteiger charge is -2.15. The van der Waals surface area contributed by atoms with Crippen molar-refractivity contribution in [3.05, 3.63) is 50.8 Å². The molecule has 2 amide bonds. The van der Waals surface area contributed by atoms with Crippen LogP contribution in [0, 0.1) is 6.92 Å². The summed E-state index contributed by atoms with van der Waals surface area (Å²) in [6.07, 6.45) is -1.44. The van der Waals surface area contributed by atoms with E-state index in [-0.39, 0.29) is 23.5 Å². The Bertz CT molecular complexity index is 1100. The summed E-state index contributed by atoms with van der Waals surface area (Å²) in [6.45, 7) is 4.15. The first kappa shape index (κ1) is 22.6. The van der Waals surface area contributed by atoms with E-state index in [0.29, 0.717) is 22.3 Å². The summed E-state index contributed by atoms with van der Waals surface area (Å²) in [7, 11) is 0. The molecule has 3 N–H and O–H groups in total. The van der Waals surface area contributed by atoms with E-state index in [1.165, 1.54) is 6.92 Å². The SMILES string of the molecule is Cc1[nH]c(/C=C2\C(=O)Nc3ccc(Br)cc32)c(C(F)(F)F)c1C(=O)NCCN1CCCC1. The number of aromatic nitrogens is 1. The van der Waals surface area contributed by atoms with E-state index in [0.717, 1.165) is 32.0 Å². The fourth-order valence-electron chi connectivity index (χ4n) is 4.21. The van der Waals surface area contributed by atoms with E-state index >= 15 is 0 Å². The third-order valence-electron chi connectivity index (χ3n) is 5.69. The number of aryl methyl sites for hydroxylation is 1. The minimum absolute atomic E-state index is 0.0917. The molecule has 1 saturated heterocycles. The van der Waals surface area contributed by atoms with Crippen molar-refractivity contribution < 1.29 is 22.8 Å². The van der Waals surface area contributed by atoms with E-state index in [4.69, 9.17) is 0 Å². The average molecular weight is 511 g/mol. The number of carbonyl (C=O) groups excluding carboxylic acids is 2. The van der Waals surface area contributed by atoms with Crippen LogP contribution in [0.3, 0.4) is 0 Å². The van der Waals surface area contributed by atoms with Crippen LogP contribution in [-0.2, 0) is 11.0 Å². The van der Waals surface area contributed by atoms with Gasteiger partial charge in [0.25, 0.3) is 11.8 Å². The van der Waals surface area contributed by atoms with Gasteiger partial charge in [0.05, 0.1) is 22.4 Å². The van der Waals surface area contributed by atoms with Gasteiger partial charge in [0.15, 0.2) is 0 Å². The van der Waals surface area contributed by atoms with Crippen molar-refractivity contribution in [2.45, 2.75) is 25.9 Å². The van der Waals surface area contributed by atoms with Gasteiger partial charge in [0.1, 0.15) is 0 Å². The van der Waals surface area contributed by atoms with E-state index in [2.05, 4.69) is 36.4 Å². The molecule has 1 fully saturated rings. The van der Waals surface area contributed by atoms with Crippen molar-refractivity contribution in [2.75, 3.05) is 31.5 Å². The minimum Gasteiger partial charge on any atom is -0.358 e. The third-order valence-corrected chi connectivity index (χ3v) is 6.19. The number of nitrogens with one attached hydrogen (secondary N) is 3. The Morgan fingerprint density at radius 2 is 2.00 bits per heavy atom. The standard InChI is InChI=1S/C22H22BrF3N4O2/c1-12-18(21(32)27-6-9-30-7-2-3-8-30)19(22(24,25)26)17(28-12)11-15-14-10-13(23)4-5-16(14)29-20(15)31/h4-5,10-11,28H,2-3,6-9H2,1H3,(H,27,32)(H,29,31)/b15-11-. The van der Waals surface area contributed by atoms with Gasteiger partial charge in [0, 0.05) is 34.5 Å². The summed E-state index contributed by atoms with van der Waals surface area (Å²) in [4.78, 5) is 30.0. The number of likely N-dealkylation sites (tertiary alicyclic amines) is 1. The molecule has 0 spiro atoms. The average Bonchev–Trinajstić information content (AvgIpc) is 3.41. The van der Waals surface area contributed by atoms with E-state index in [9.17, 15) is 22.8 Å². The minimum atomic E-state index is -4.78. The van der Waals surface area contributed by atoms with Gasteiger partial charge < -0.3 is 20.5 Å². The lowest BCUT2D eigenvalue weighted by Crippen LogP contribution is -2.34. The Labute approximate surface area is 191 Å². The molecule has 32 heavy (non-hydrogen) atoms. The Kier molecular flexibility index (Phi) is 6.17. The van der Waals surface area contributed by atoms with Gasteiger partial charge in [-0.15, -0.1) is 0 Å². The maximum atomic E-state index is 14.0. The largest absolute Gasteiger partial charge is 0.419 e. The molecule has 2 aliphatic rings. The quantitative estimate of drug-likeness (QED) is 0.521. The second kappa shape index (κ2) is 8.74. The number of amides is 2. The number of aromatic amines is 1. The zero-order valence-electron chi connectivity index (χ0n) is 17.3. The van der Waals surface area contributed by atoms with Crippen LogP contribution in [-0.4, -0.2) is 47.9 Å². The molecular formula is C22H22BrF3N4O2. The molecule has 0 aliphatic carbocycles. The molecule has 0 unspecified atom stereocenters. The van der Waals surface area contributed by atoms with Crippen LogP contribution in [0.2, 0.25) is 0 Å². The number of hydrogen-bond donors (Lipinski definition) is 3. The second-order valence-electron chi connectivity index (χ2n) is 7.92. The van der Waals surface area contributed by atoms with Crippen molar-refractivity contribution in [1.29, 1.82) is 0 Å². The predicted octanol–water partition coefficient (Wildman–Crippen LogP) is 4.42. The zero-order chi connectivity index (χ0) is 23.0. The van der Waals surface area contributed by atoms with Gasteiger partial charge in [0.2, 0.25) is 0 Å². The number of fused-ring (bicyclic) bond motifs is 1. The molecule has 170 valence electrons. The molecule has 3 heterocycles. The molecule has 1 aromatic carbocycles. The van der Waals surface area contributed by atoms with Crippen LogP contribution in [0.15, 0.2) is 22.7 Å². The van der Waals surface area contributed by atoms with Crippen LogP contribution in [0.4, 0.5) is 18.9 Å². The van der Waals surface area contributed by atoms with Crippen LogP contribution >= 0.6 is 15.9 Å². The molecule has 1 aromatic heterocycles. The smallest absolute Gasteiger partial charge is 0.358 e. The number of anilines is 1. The predicted molar refractivity (Wildman–Crippen MR) is 119 cm³/mol. The van der Waals surface area contributed by atoms with Gasteiger partial charge >= 0.3 is 6.18 Å². The summed E-state index contributed by atoms with van der Waals surface area (Å²) in [5.41, 5.74) is -0.652. The normalized spacial score (nSPS) is 17.7. The van der Waals surface area contributed by atoms with Crippen LogP contribution in [0.1, 0.15) is 45.7 Å². The van der Waals surface area contributed by atoms with Gasteiger partial charge in [-0.1, -0.05) is 15.9 Å². The van der Waals surface area contributed by atoms with Crippen molar-refractivity contribution in [2.24, 2.45) is 0 Å². The number of H-pyrrole nitrogens is 1. The number of hydrogen-bond acceptors (Lipinski definition) is 3.